The van der Waals surface area contributed by atoms with E-state index in [1.54, 1.807) is 25.1 Å². The standard InChI is InChI=1S/C14H20N2O3S/c1-3-19-13(18)14(5-4-6-14)9-12(17)16(2)10-11-15-7-8-20-11/h7-8H,3-6,9-10H2,1-2H3. The van der Waals surface area contributed by atoms with E-state index in [0.717, 1.165) is 24.3 Å². The van der Waals surface area contributed by atoms with Crippen molar-refractivity contribution in [2.24, 2.45) is 5.41 Å². The molecule has 1 saturated carbocycles. The molecule has 20 heavy (non-hydrogen) atoms. The maximum atomic E-state index is 12.3. The van der Waals surface area contributed by atoms with Crippen LogP contribution in [0.25, 0.3) is 0 Å². The van der Waals surface area contributed by atoms with E-state index >= 15 is 0 Å². The van der Waals surface area contributed by atoms with Crippen molar-refractivity contribution in [2.45, 2.75) is 39.2 Å². The molecule has 1 fully saturated rings. The molecule has 110 valence electrons. The molecule has 0 N–H and O–H groups in total. The van der Waals surface area contributed by atoms with Crippen LogP contribution in [0.3, 0.4) is 0 Å². The molecule has 1 amide bonds. The molecular formula is C14H20N2O3S. The lowest BCUT2D eigenvalue weighted by Gasteiger charge is -2.39. The van der Waals surface area contributed by atoms with Crippen molar-refractivity contribution < 1.29 is 14.3 Å². The maximum Gasteiger partial charge on any atom is 0.312 e. The number of amides is 1. The molecule has 6 heteroatoms. The van der Waals surface area contributed by atoms with Gasteiger partial charge < -0.3 is 9.64 Å². The first-order chi connectivity index (χ1) is 9.57. The number of nitrogens with zero attached hydrogens (tertiary/aromatic N) is 2. The van der Waals surface area contributed by atoms with Crippen LogP contribution in [0.5, 0.6) is 0 Å². The summed E-state index contributed by atoms with van der Waals surface area (Å²) in [4.78, 5) is 30.1. The smallest absolute Gasteiger partial charge is 0.312 e. The average molecular weight is 296 g/mol. The topological polar surface area (TPSA) is 59.5 Å². The third-order valence-corrected chi connectivity index (χ3v) is 4.55. The Bertz CT molecular complexity index is 469. The summed E-state index contributed by atoms with van der Waals surface area (Å²) in [5, 5.41) is 2.79. The van der Waals surface area contributed by atoms with E-state index in [1.165, 1.54) is 11.3 Å². The predicted molar refractivity (Wildman–Crippen MR) is 76.1 cm³/mol. The van der Waals surface area contributed by atoms with E-state index in [9.17, 15) is 9.59 Å². The van der Waals surface area contributed by atoms with Gasteiger partial charge in [-0.1, -0.05) is 6.42 Å². The van der Waals surface area contributed by atoms with Gasteiger partial charge in [0.2, 0.25) is 5.91 Å². The van der Waals surface area contributed by atoms with Crippen molar-refractivity contribution in [1.82, 2.24) is 9.88 Å². The Morgan fingerprint density at radius 2 is 2.25 bits per heavy atom. The van der Waals surface area contributed by atoms with Crippen molar-refractivity contribution in [3.05, 3.63) is 16.6 Å². The first-order valence-corrected chi connectivity index (χ1v) is 7.75. The monoisotopic (exact) mass is 296 g/mol. The van der Waals surface area contributed by atoms with E-state index in [-0.39, 0.29) is 18.3 Å². The highest BCUT2D eigenvalue weighted by Gasteiger charge is 2.47. The van der Waals surface area contributed by atoms with Gasteiger partial charge in [0.05, 0.1) is 18.6 Å². The van der Waals surface area contributed by atoms with Crippen LogP contribution >= 0.6 is 11.3 Å². The lowest BCUT2D eigenvalue weighted by Crippen LogP contribution is -2.44. The fraction of sp³-hybridized carbons (Fsp3) is 0.643. The van der Waals surface area contributed by atoms with E-state index in [0.29, 0.717) is 13.2 Å². The largest absolute Gasteiger partial charge is 0.466 e. The minimum Gasteiger partial charge on any atom is -0.466 e. The Morgan fingerprint density at radius 1 is 1.50 bits per heavy atom. The third kappa shape index (κ3) is 3.17. The third-order valence-electron chi connectivity index (χ3n) is 3.79. The molecule has 0 bridgehead atoms. The number of carbonyl (C=O) groups is 2. The summed E-state index contributed by atoms with van der Waals surface area (Å²) in [7, 11) is 1.75. The highest BCUT2D eigenvalue weighted by atomic mass is 32.1. The number of thiazole rings is 1. The number of aromatic nitrogens is 1. The zero-order valence-electron chi connectivity index (χ0n) is 11.9. The molecule has 0 aromatic carbocycles. The van der Waals surface area contributed by atoms with Gasteiger partial charge in [0.25, 0.3) is 0 Å². The number of hydrogen-bond donors (Lipinski definition) is 0. The van der Waals surface area contributed by atoms with Gasteiger partial charge in [0.15, 0.2) is 0 Å². The molecule has 1 aromatic rings. The lowest BCUT2D eigenvalue weighted by molar-refractivity contribution is -0.165. The summed E-state index contributed by atoms with van der Waals surface area (Å²) in [5.41, 5.74) is -0.579. The predicted octanol–water partition coefficient (Wildman–Crippen LogP) is 2.22. The highest BCUT2D eigenvalue weighted by Crippen LogP contribution is 2.45. The Kier molecular flexibility index (Phi) is 4.75. The number of carbonyl (C=O) groups excluding carboxylic acids is 2. The van der Waals surface area contributed by atoms with E-state index in [4.69, 9.17) is 4.74 Å². The summed E-state index contributed by atoms with van der Waals surface area (Å²) >= 11 is 1.52. The van der Waals surface area contributed by atoms with Crippen molar-refractivity contribution in [2.75, 3.05) is 13.7 Å². The summed E-state index contributed by atoms with van der Waals surface area (Å²) in [6, 6.07) is 0. The molecule has 0 aliphatic heterocycles. The quantitative estimate of drug-likeness (QED) is 0.755. The van der Waals surface area contributed by atoms with Crippen molar-refractivity contribution in [3.63, 3.8) is 0 Å². The first-order valence-electron chi connectivity index (χ1n) is 6.87. The highest BCUT2D eigenvalue weighted by molar-refractivity contribution is 7.09. The molecule has 2 rings (SSSR count). The number of esters is 1. The van der Waals surface area contributed by atoms with Crippen LogP contribution in [0.15, 0.2) is 11.6 Å². The van der Waals surface area contributed by atoms with Crippen LogP contribution in [-0.2, 0) is 20.9 Å². The minimum absolute atomic E-state index is 0.0204. The van der Waals surface area contributed by atoms with Gasteiger partial charge >= 0.3 is 5.97 Å². The van der Waals surface area contributed by atoms with Crippen molar-refractivity contribution in [1.29, 1.82) is 0 Å². The van der Waals surface area contributed by atoms with Gasteiger partial charge in [-0.25, -0.2) is 4.98 Å². The van der Waals surface area contributed by atoms with Gasteiger partial charge in [0.1, 0.15) is 5.01 Å². The molecular weight excluding hydrogens is 276 g/mol. The minimum atomic E-state index is -0.579. The second kappa shape index (κ2) is 6.35. The molecule has 0 spiro atoms. The molecule has 5 nitrogen and oxygen atoms in total. The zero-order valence-corrected chi connectivity index (χ0v) is 12.7. The van der Waals surface area contributed by atoms with Gasteiger partial charge in [-0.15, -0.1) is 11.3 Å². The Hall–Kier alpha value is -1.43. The molecule has 0 saturated heterocycles. The second-order valence-electron chi connectivity index (χ2n) is 5.21. The number of hydrogen-bond acceptors (Lipinski definition) is 5. The van der Waals surface area contributed by atoms with Crippen molar-refractivity contribution in [3.8, 4) is 0 Å². The van der Waals surface area contributed by atoms with Gasteiger partial charge in [-0.3, -0.25) is 9.59 Å². The van der Waals surface area contributed by atoms with E-state index in [1.807, 2.05) is 5.38 Å². The van der Waals surface area contributed by atoms with Crippen LogP contribution in [-0.4, -0.2) is 35.4 Å². The van der Waals surface area contributed by atoms with Crippen LogP contribution in [0.2, 0.25) is 0 Å². The van der Waals surface area contributed by atoms with E-state index < -0.39 is 5.41 Å². The summed E-state index contributed by atoms with van der Waals surface area (Å²) in [6.45, 7) is 2.65. The normalized spacial score (nSPS) is 16.3. The maximum absolute atomic E-state index is 12.3. The summed E-state index contributed by atoms with van der Waals surface area (Å²) < 4.78 is 5.12. The fourth-order valence-electron chi connectivity index (χ4n) is 2.39. The Labute approximate surface area is 122 Å². The SMILES string of the molecule is CCOC(=O)C1(CC(=O)N(C)Cc2nccs2)CCC1. The Balaban J connectivity index is 1.93. The molecule has 0 atom stereocenters. The first kappa shape index (κ1) is 15.0. The van der Waals surface area contributed by atoms with Crippen LogP contribution in [0.4, 0.5) is 0 Å². The van der Waals surface area contributed by atoms with Crippen LogP contribution in [0.1, 0.15) is 37.6 Å². The fourth-order valence-corrected chi connectivity index (χ4v) is 3.06. The van der Waals surface area contributed by atoms with E-state index in [2.05, 4.69) is 4.98 Å². The molecule has 0 radical (unpaired) electrons. The molecule has 1 aromatic heterocycles. The molecule has 1 heterocycles. The van der Waals surface area contributed by atoms with Gasteiger partial charge in [0, 0.05) is 25.0 Å². The van der Waals surface area contributed by atoms with Crippen LogP contribution in [0, 0.1) is 5.41 Å². The molecule has 1 aliphatic carbocycles. The molecule has 0 unspecified atom stereocenters. The Morgan fingerprint density at radius 3 is 2.75 bits per heavy atom. The van der Waals surface area contributed by atoms with Gasteiger partial charge in [-0.05, 0) is 19.8 Å². The average Bonchev–Trinajstić information content (AvgIpc) is 2.86. The van der Waals surface area contributed by atoms with Crippen LogP contribution < -0.4 is 0 Å². The second-order valence-corrected chi connectivity index (χ2v) is 6.19. The lowest BCUT2D eigenvalue weighted by atomic mass is 9.66. The van der Waals surface area contributed by atoms with Gasteiger partial charge in [-0.2, -0.15) is 0 Å². The number of rotatable bonds is 6. The zero-order chi connectivity index (χ0) is 14.6. The molecule has 1 aliphatic rings. The summed E-state index contributed by atoms with van der Waals surface area (Å²) in [6.07, 6.45) is 4.46. The summed E-state index contributed by atoms with van der Waals surface area (Å²) in [5.74, 6) is -0.241. The van der Waals surface area contributed by atoms with Crippen molar-refractivity contribution >= 4 is 23.2 Å². The number of ether oxygens (including phenoxy) is 1.